The molecule has 0 aliphatic rings. The first kappa shape index (κ1) is 17.7. The summed E-state index contributed by atoms with van der Waals surface area (Å²) >= 11 is 0. The van der Waals surface area contributed by atoms with Gasteiger partial charge in [0.05, 0.1) is 12.7 Å². The fraction of sp³-hybridized carbons (Fsp3) is 0.750. The van der Waals surface area contributed by atoms with E-state index in [9.17, 15) is 4.79 Å². The van der Waals surface area contributed by atoms with Crippen molar-refractivity contribution < 1.29 is 4.79 Å². The van der Waals surface area contributed by atoms with Crippen LogP contribution in [-0.4, -0.2) is 52.2 Å². The molecule has 1 rings (SSSR count). The zero-order chi connectivity index (χ0) is 16.0. The van der Waals surface area contributed by atoms with Crippen molar-refractivity contribution in [3.8, 4) is 0 Å². The number of aryl methyl sites for hydroxylation is 1. The molecule has 1 amide bonds. The molecule has 0 unspecified atom stereocenters. The number of aromatic nitrogens is 2. The summed E-state index contributed by atoms with van der Waals surface area (Å²) in [6.07, 6.45) is 3.84. The molecule has 0 aromatic carbocycles. The van der Waals surface area contributed by atoms with Gasteiger partial charge < -0.3 is 4.90 Å². The summed E-state index contributed by atoms with van der Waals surface area (Å²) in [5.74, 6) is 1.21. The Morgan fingerprint density at radius 3 is 2.24 bits per heavy atom. The second kappa shape index (κ2) is 8.17. The molecule has 0 N–H and O–H groups in total. The van der Waals surface area contributed by atoms with E-state index in [-0.39, 0.29) is 5.91 Å². The van der Waals surface area contributed by atoms with Crippen molar-refractivity contribution in [3.63, 3.8) is 0 Å². The van der Waals surface area contributed by atoms with Gasteiger partial charge in [0.2, 0.25) is 5.91 Å². The lowest BCUT2D eigenvalue weighted by Crippen LogP contribution is -2.42. The summed E-state index contributed by atoms with van der Waals surface area (Å²) < 4.78 is 1.79. The van der Waals surface area contributed by atoms with E-state index >= 15 is 0 Å². The van der Waals surface area contributed by atoms with E-state index in [1.165, 1.54) is 0 Å². The van der Waals surface area contributed by atoms with Gasteiger partial charge in [-0.15, -0.1) is 0 Å². The van der Waals surface area contributed by atoms with E-state index in [2.05, 4.69) is 32.8 Å². The minimum Gasteiger partial charge on any atom is -0.341 e. The number of amides is 1. The van der Waals surface area contributed by atoms with Gasteiger partial charge in [0.1, 0.15) is 0 Å². The van der Waals surface area contributed by atoms with E-state index in [1.54, 1.807) is 4.68 Å². The van der Waals surface area contributed by atoms with Gasteiger partial charge in [-0.3, -0.25) is 14.4 Å². The number of hydrogen-bond acceptors (Lipinski definition) is 3. The number of hydrogen-bond donors (Lipinski definition) is 0. The minimum absolute atomic E-state index is 0.212. The van der Waals surface area contributed by atoms with Crippen molar-refractivity contribution in [2.45, 2.75) is 34.2 Å². The van der Waals surface area contributed by atoms with Gasteiger partial charge in [0, 0.05) is 38.4 Å². The lowest BCUT2D eigenvalue weighted by molar-refractivity contribution is -0.133. The van der Waals surface area contributed by atoms with Crippen molar-refractivity contribution in [3.05, 3.63) is 18.0 Å². The highest BCUT2D eigenvalue weighted by Gasteiger charge is 2.18. The molecule has 120 valence electrons. The molecule has 0 fully saturated rings. The molecule has 0 aliphatic heterocycles. The van der Waals surface area contributed by atoms with E-state index in [0.29, 0.717) is 18.4 Å². The molecule has 0 bridgehead atoms. The van der Waals surface area contributed by atoms with Crippen LogP contribution in [0.4, 0.5) is 0 Å². The summed E-state index contributed by atoms with van der Waals surface area (Å²) in [5.41, 5.74) is 1.13. The maximum atomic E-state index is 12.5. The zero-order valence-corrected chi connectivity index (χ0v) is 14.3. The quantitative estimate of drug-likeness (QED) is 0.736. The summed E-state index contributed by atoms with van der Waals surface area (Å²) in [6.45, 7) is 11.5. The fourth-order valence-electron chi connectivity index (χ4n) is 2.41. The van der Waals surface area contributed by atoms with Gasteiger partial charge in [0.15, 0.2) is 0 Å². The Hall–Kier alpha value is -1.36. The summed E-state index contributed by atoms with van der Waals surface area (Å²) in [6, 6.07) is 0. The number of nitrogens with zero attached hydrogens (tertiary/aromatic N) is 4. The average molecular weight is 294 g/mol. The van der Waals surface area contributed by atoms with Crippen LogP contribution in [0.25, 0.3) is 0 Å². The van der Waals surface area contributed by atoms with Crippen molar-refractivity contribution in [2.75, 3.05) is 26.7 Å². The minimum atomic E-state index is 0.212. The van der Waals surface area contributed by atoms with Gasteiger partial charge in [-0.05, 0) is 18.9 Å². The number of rotatable bonds is 8. The average Bonchev–Trinajstić information content (AvgIpc) is 2.72. The molecule has 1 aromatic heterocycles. The van der Waals surface area contributed by atoms with E-state index in [4.69, 9.17) is 0 Å². The summed E-state index contributed by atoms with van der Waals surface area (Å²) in [5, 5.41) is 4.16. The first-order chi connectivity index (χ1) is 9.77. The lowest BCUT2D eigenvalue weighted by Gasteiger charge is -2.28. The van der Waals surface area contributed by atoms with E-state index in [0.717, 1.165) is 25.2 Å². The molecule has 0 aliphatic carbocycles. The molecule has 1 aromatic rings. The second-order valence-corrected chi connectivity index (χ2v) is 6.78. The van der Waals surface area contributed by atoms with E-state index in [1.807, 2.05) is 36.3 Å². The Morgan fingerprint density at radius 1 is 1.24 bits per heavy atom. The normalized spacial score (nSPS) is 11.7. The molecule has 1 heterocycles. The first-order valence-corrected chi connectivity index (χ1v) is 7.71. The number of likely N-dealkylation sites (N-methyl/N-ethyl adjacent to an activating group) is 1. The SMILES string of the molecule is CC(C)CN(CC(C)C)C(=O)CN(C)Cc1cnn(C)c1. The Labute approximate surface area is 128 Å². The van der Waals surface area contributed by atoms with Gasteiger partial charge >= 0.3 is 0 Å². The van der Waals surface area contributed by atoms with Gasteiger partial charge in [0.25, 0.3) is 0 Å². The highest BCUT2D eigenvalue weighted by Crippen LogP contribution is 2.07. The van der Waals surface area contributed by atoms with Crippen molar-refractivity contribution in [1.82, 2.24) is 19.6 Å². The van der Waals surface area contributed by atoms with Crippen LogP contribution in [-0.2, 0) is 18.4 Å². The monoisotopic (exact) mass is 294 g/mol. The van der Waals surface area contributed by atoms with Crippen molar-refractivity contribution in [1.29, 1.82) is 0 Å². The largest absolute Gasteiger partial charge is 0.341 e. The molecule has 5 heteroatoms. The third kappa shape index (κ3) is 6.76. The summed E-state index contributed by atoms with van der Waals surface area (Å²) in [7, 11) is 3.88. The standard InChI is InChI=1S/C16H30N4O/c1-13(2)8-20(9-14(3)4)16(21)12-18(5)10-15-7-17-19(6)11-15/h7,11,13-14H,8-10,12H2,1-6H3. The Bertz CT molecular complexity index is 429. The second-order valence-electron chi connectivity index (χ2n) is 6.78. The highest BCUT2D eigenvalue weighted by atomic mass is 16.2. The van der Waals surface area contributed by atoms with Gasteiger partial charge in [-0.2, -0.15) is 5.10 Å². The lowest BCUT2D eigenvalue weighted by atomic mass is 10.1. The Kier molecular flexibility index (Phi) is 6.89. The Morgan fingerprint density at radius 2 is 1.81 bits per heavy atom. The predicted octanol–water partition coefficient (Wildman–Crippen LogP) is 1.99. The van der Waals surface area contributed by atoms with Crippen molar-refractivity contribution in [2.24, 2.45) is 18.9 Å². The number of carbonyl (C=O) groups is 1. The summed E-state index contributed by atoms with van der Waals surface area (Å²) in [4.78, 5) is 16.5. The van der Waals surface area contributed by atoms with Crippen LogP contribution in [0.2, 0.25) is 0 Å². The molecule has 0 spiro atoms. The fourth-order valence-corrected chi connectivity index (χ4v) is 2.41. The molecule has 0 saturated heterocycles. The third-order valence-corrected chi connectivity index (χ3v) is 3.14. The van der Waals surface area contributed by atoms with Crippen LogP contribution < -0.4 is 0 Å². The van der Waals surface area contributed by atoms with E-state index < -0.39 is 0 Å². The topological polar surface area (TPSA) is 41.4 Å². The smallest absolute Gasteiger partial charge is 0.236 e. The van der Waals surface area contributed by atoms with Crippen LogP contribution in [0.5, 0.6) is 0 Å². The predicted molar refractivity (Wildman–Crippen MR) is 85.8 cm³/mol. The third-order valence-electron chi connectivity index (χ3n) is 3.14. The highest BCUT2D eigenvalue weighted by molar-refractivity contribution is 5.78. The van der Waals surface area contributed by atoms with Crippen LogP contribution in [0.3, 0.4) is 0 Å². The zero-order valence-electron chi connectivity index (χ0n) is 14.3. The maximum Gasteiger partial charge on any atom is 0.236 e. The molecule has 21 heavy (non-hydrogen) atoms. The van der Waals surface area contributed by atoms with Crippen LogP contribution in [0.1, 0.15) is 33.3 Å². The van der Waals surface area contributed by atoms with Gasteiger partial charge in [-0.25, -0.2) is 0 Å². The molecule has 0 atom stereocenters. The van der Waals surface area contributed by atoms with Crippen LogP contribution in [0, 0.1) is 11.8 Å². The molecule has 0 radical (unpaired) electrons. The maximum absolute atomic E-state index is 12.5. The first-order valence-electron chi connectivity index (χ1n) is 7.71. The Balaban J connectivity index is 2.54. The van der Waals surface area contributed by atoms with Crippen molar-refractivity contribution >= 4 is 5.91 Å². The molecule has 5 nitrogen and oxygen atoms in total. The molecular weight excluding hydrogens is 264 g/mol. The number of carbonyl (C=O) groups excluding carboxylic acids is 1. The van der Waals surface area contributed by atoms with Gasteiger partial charge in [-0.1, -0.05) is 27.7 Å². The van der Waals surface area contributed by atoms with Crippen LogP contribution >= 0.6 is 0 Å². The molecule has 0 saturated carbocycles. The van der Waals surface area contributed by atoms with Crippen LogP contribution in [0.15, 0.2) is 12.4 Å². The molecular formula is C16H30N4O.